The Balaban J connectivity index is 1.40. The molecule has 3 saturated carbocycles. The number of hydrogen-bond donors (Lipinski definition) is 3. The average Bonchev–Trinajstić information content (AvgIpc) is 2.86. The van der Waals surface area contributed by atoms with Gasteiger partial charge in [-0.25, -0.2) is 9.78 Å². The fourth-order valence-electron chi connectivity index (χ4n) is 5.71. The number of aliphatic carboxylic acids is 1. The summed E-state index contributed by atoms with van der Waals surface area (Å²) in [6.45, 7) is 5.59. The van der Waals surface area contributed by atoms with Crippen LogP contribution in [0.1, 0.15) is 90.9 Å². The Labute approximate surface area is 210 Å². The summed E-state index contributed by atoms with van der Waals surface area (Å²) < 4.78 is 5.98. The summed E-state index contributed by atoms with van der Waals surface area (Å²) in [5, 5.41) is 22.3. The van der Waals surface area contributed by atoms with Gasteiger partial charge in [0.25, 0.3) is 0 Å². The van der Waals surface area contributed by atoms with Crippen LogP contribution >= 0.6 is 0 Å². The van der Waals surface area contributed by atoms with Crippen molar-refractivity contribution in [1.29, 1.82) is 0 Å². The van der Waals surface area contributed by atoms with Crippen molar-refractivity contribution in [2.24, 2.45) is 29.1 Å². The van der Waals surface area contributed by atoms with E-state index >= 15 is 0 Å². The highest BCUT2D eigenvalue weighted by Gasteiger charge is 2.40. The van der Waals surface area contributed by atoms with Crippen molar-refractivity contribution in [3.63, 3.8) is 0 Å². The SMILES string of the molecule is CC(C)(CO)COC1CCC(NC(=O)C2CC(COOCC3CCCCC3)CCC2C(=O)O)CC1. The zero-order valence-electron chi connectivity index (χ0n) is 21.7. The Bertz CT molecular complexity index is 656. The van der Waals surface area contributed by atoms with E-state index in [1.165, 1.54) is 32.1 Å². The van der Waals surface area contributed by atoms with Crippen LogP contribution in [0.2, 0.25) is 0 Å². The molecule has 35 heavy (non-hydrogen) atoms. The third kappa shape index (κ3) is 9.30. The number of carbonyl (C=O) groups is 2. The molecule has 0 bridgehead atoms. The molecule has 3 aliphatic carbocycles. The van der Waals surface area contributed by atoms with Crippen LogP contribution in [-0.2, 0) is 24.1 Å². The van der Waals surface area contributed by atoms with Gasteiger partial charge in [0, 0.05) is 11.5 Å². The van der Waals surface area contributed by atoms with Gasteiger partial charge in [-0.2, -0.15) is 0 Å². The maximum Gasteiger partial charge on any atom is 0.307 e. The zero-order valence-corrected chi connectivity index (χ0v) is 21.7. The number of nitrogens with one attached hydrogen (secondary N) is 1. The molecule has 3 rings (SSSR count). The van der Waals surface area contributed by atoms with Crippen LogP contribution in [0, 0.1) is 29.1 Å². The molecule has 0 radical (unpaired) electrons. The third-order valence-corrected chi connectivity index (χ3v) is 8.19. The summed E-state index contributed by atoms with van der Waals surface area (Å²) in [5.74, 6) is -1.50. The van der Waals surface area contributed by atoms with E-state index in [4.69, 9.17) is 14.5 Å². The smallest absolute Gasteiger partial charge is 0.307 e. The predicted octanol–water partition coefficient (Wildman–Crippen LogP) is 4.09. The highest BCUT2D eigenvalue weighted by molar-refractivity contribution is 5.85. The number of carboxylic acids is 1. The molecule has 0 saturated heterocycles. The number of aliphatic hydroxyl groups is 1. The van der Waals surface area contributed by atoms with Crippen LogP contribution in [0.4, 0.5) is 0 Å². The number of amides is 1. The minimum Gasteiger partial charge on any atom is -0.481 e. The summed E-state index contributed by atoms with van der Waals surface area (Å²) in [6, 6.07) is 0.0538. The fourth-order valence-corrected chi connectivity index (χ4v) is 5.71. The summed E-state index contributed by atoms with van der Waals surface area (Å²) >= 11 is 0. The van der Waals surface area contributed by atoms with E-state index < -0.39 is 17.8 Å². The first kappa shape index (κ1) is 28.4. The second-order valence-corrected chi connectivity index (χ2v) is 11.9. The van der Waals surface area contributed by atoms with E-state index in [0.29, 0.717) is 38.6 Å². The summed E-state index contributed by atoms with van der Waals surface area (Å²) in [6.07, 6.45) is 11.5. The van der Waals surface area contributed by atoms with Gasteiger partial charge in [0.2, 0.25) is 5.91 Å². The van der Waals surface area contributed by atoms with Crippen LogP contribution in [0.5, 0.6) is 0 Å². The molecule has 0 aliphatic heterocycles. The minimum atomic E-state index is -0.887. The molecule has 1 amide bonds. The molecule has 3 unspecified atom stereocenters. The van der Waals surface area contributed by atoms with Gasteiger partial charge in [-0.05, 0) is 69.6 Å². The highest BCUT2D eigenvalue weighted by atomic mass is 17.2. The maximum absolute atomic E-state index is 13.1. The van der Waals surface area contributed by atoms with Crippen LogP contribution in [0.25, 0.3) is 0 Å². The van der Waals surface area contributed by atoms with Crippen LogP contribution in [-0.4, -0.2) is 60.7 Å². The molecule has 3 N–H and O–H groups in total. The number of carbonyl (C=O) groups excluding carboxylic acids is 1. The number of rotatable bonds is 12. The van der Waals surface area contributed by atoms with Crippen molar-refractivity contribution in [1.82, 2.24) is 5.32 Å². The van der Waals surface area contributed by atoms with E-state index in [1.807, 2.05) is 13.8 Å². The molecule has 0 heterocycles. The topological polar surface area (TPSA) is 114 Å². The standard InChI is InChI=1S/C27H47NO7/c1-27(2,17-29)18-33-22-11-9-21(10-12-22)28-25(30)24-14-20(8-13-23(24)26(31)32)16-35-34-15-19-6-4-3-5-7-19/h19-24,29H,3-18H2,1-2H3,(H,28,30)(H,31,32). The largest absolute Gasteiger partial charge is 0.481 e. The van der Waals surface area contributed by atoms with Gasteiger partial charge in [0.05, 0.1) is 44.4 Å². The highest BCUT2D eigenvalue weighted by Crippen LogP contribution is 2.35. The Kier molecular flexibility index (Phi) is 11.3. The molecule has 3 atom stereocenters. The van der Waals surface area contributed by atoms with Gasteiger partial charge in [-0.1, -0.05) is 33.1 Å². The lowest BCUT2D eigenvalue weighted by Gasteiger charge is -2.35. The van der Waals surface area contributed by atoms with Crippen LogP contribution < -0.4 is 5.32 Å². The van der Waals surface area contributed by atoms with Crippen LogP contribution in [0.3, 0.4) is 0 Å². The molecular weight excluding hydrogens is 450 g/mol. The van der Waals surface area contributed by atoms with E-state index in [2.05, 4.69) is 5.32 Å². The Morgan fingerprint density at radius 1 is 0.857 bits per heavy atom. The van der Waals surface area contributed by atoms with Crippen molar-refractivity contribution in [3.8, 4) is 0 Å². The molecule has 8 nitrogen and oxygen atoms in total. The number of aliphatic hydroxyl groups excluding tert-OH is 1. The molecule has 8 heteroatoms. The first-order chi connectivity index (χ1) is 16.8. The average molecular weight is 498 g/mol. The summed E-state index contributed by atoms with van der Waals surface area (Å²) in [4.78, 5) is 36.0. The number of hydrogen-bond acceptors (Lipinski definition) is 6. The molecular formula is C27H47NO7. The molecule has 0 aromatic rings. The number of carboxylic acid groups (broad SMARTS) is 1. The predicted molar refractivity (Wildman–Crippen MR) is 131 cm³/mol. The fraction of sp³-hybridized carbons (Fsp3) is 0.926. The molecule has 0 spiro atoms. The van der Waals surface area contributed by atoms with E-state index in [9.17, 15) is 19.8 Å². The van der Waals surface area contributed by atoms with E-state index in [-0.39, 0.29) is 36.0 Å². The second kappa shape index (κ2) is 13.9. The minimum absolute atomic E-state index is 0.0538. The Hall–Kier alpha value is -1.22. The van der Waals surface area contributed by atoms with E-state index in [0.717, 1.165) is 32.1 Å². The Morgan fingerprint density at radius 2 is 1.51 bits per heavy atom. The molecule has 3 aliphatic rings. The lowest BCUT2D eigenvalue weighted by molar-refractivity contribution is -0.310. The number of ether oxygens (including phenoxy) is 1. The zero-order chi connectivity index (χ0) is 25.3. The van der Waals surface area contributed by atoms with E-state index in [1.54, 1.807) is 0 Å². The van der Waals surface area contributed by atoms with Crippen molar-refractivity contribution in [3.05, 3.63) is 0 Å². The van der Waals surface area contributed by atoms with Crippen molar-refractivity contribution in [2.45, 2.75) is 103 Å². The normalized spacial score (nSPS) is 30.7. The maximum atomic E-state index is 13.1. The monoisotopic (exact) mass is 497 g/mol. The van der Waals surface area contributed by atoms with Crippen molar-refractivity contribution >= 4 is 11.9 Å². The van der Waals surface area contributed by atoms with Gasteiger partial charge >= 0.3 is 5.97 Å². The quantitative estimate of drug-likeness (QED) is 0.211. The van der Waals surface area contributed by atoms with Gasteiger partial charge < -0.3 is 20.3 Å². The molecule has 202 valence electrons. The van der Waals surface area contributed by atoms with Crippen LogP contribution in [0.15, 0.2) is 0 Å². The molecule has 3 fully saturated rings. The summed E-state index contributed by atoms with van der Waals surface area (Å²) in [5.41, 5.74) is -0.251. The van der Waals surface area contributed by atoms with Crippen molar-refractivity contribution < 1.29 is 34.3 Å². The van der Waals surface area contributed by atoms with Gasteiger partial charge in [-0.15, -0.1) is 0 Å². The third-order valence-electron chi connectivity index (χ3n) is 8.19. The molecule has 0 aromatic heterocycles. The lowest BCUT2D eigenvalue weighted by Crippen LogP contribution is -2.47. The van der Waals surface area contributed by atoms with Gasteiger partial charge in [-0.3, -0.25) is 9.59 Å². The second-order valence-electron chi connectivity index (χ2n) is 11.9. The first-order valence-electron chi connectivity index (χ1n) is 13.8. The first-order valence-corrected chi connectivity index (χ1v) is 13.8. The molecule has 0 aromatic carbocycles. The van der Waals surface area contributed by atoms with Crippen molar-refractivity contribution in [2.75, 3.05) is 26.4 Å². The Morgan fingerprint density at radius 3 is 2.14 bits per heavy atom. The summed E-state index contributed by atoms with van der Waals surface area (Å²) in [7, 11) is 0. The van der Waals surface area contributed by atoms with Gasteiger partial charge in [0.1, 0.15) is 0 Å². The lowest BCUT2D eigenvalue weighted by atomic mass is 9.73. The van der Waals surface area contributed by atoms with Gasteiger partial charge in [0.15, 0.2) is 0 Å².